The molecule has 1 aromatic rings. The van der Waals surface area contributed by atoms with Crippen molar-refractivity contribution >= 4 is 35.1 Å². The van der Waals surface area contributed by atoms with E-state index < -0.39 is 0 Å². The van der Waals surface area contributed by atoms with Crippen LogP contribution in [0.15, 0.2) is 12.4 Å². The first-order valence-electron chi connectivity index (χ1n) is 2.28. The molecule has 0 unspecified atom stereocenters. The number of nitrogens with one attached hydrogen (secondary N) is 2. The molecule has 3 nitrogen and oxygen atoms in total. The Morgan fingerprint density at radius 2 is 2.67 bits per heavy atom. The zero-order valence-corrected chi connectivity index (χ0v) is 6.17. The van der Waals surface area contributed by atoms with Gasteiger partial charge < -0.3 is 10.3 Å². The number of aromatic amines is 1. The molecular formula is C4H5N3S2. The first-order valence-corrected chi connectivity index (χ1v) is 3.14. The van der Waals surface area contributed by atoms with Crippen molar-refractivity contribution in [3.8, 4) is 0 Å². The van der Waals surface area contributed by atoms with Crippen molar-refractivity contribution in [1.29, 1.82) is 0 Å². The first kappa shape index (κ1) is 6.57. The Morgan fingerprint density at radius 3 is 3.11 bits per heavy atom. The second-order valence-corrected chi connectivity index (χ2v) is 2.53. The largest absolute Gasteiger partial charge is 0.331 e. The lowest BCUT2D eigenvalue weighted by atomic mass is 11.0. The molecule has 0 aromatic carbocycles. The quantitative estimate of drug-likeness (QED) is 0.423. The van der Waals surface area contributed by atoms with Crippen molar-refractivity contribution in [1.82, 2.24) is 9.97 Å². The molecule has 5 heteroatoms. The summed E-state index contributed by atoms with van der Waals surface area (Å²) in [6, 6.07) is 0. The van der Waals surface area contributed by atoms with Gasteiger partial charge in [0.05, 0.1) is 0 Å². The summed E-state index contributed by atoms with van der Waals surface area (Å²) < 4.78 is 0.407. The van der Waals surface area contributed by atoms with E-state index in [-0.39, 0.29) is 0 Å². The normalized spacial score (nSPS) is 9.00. The van der Waals surface area contributed by atoms with Crippen LogP contribution < -0.4 is 5.32 Å². The maximum Gasteiger partial charge on any atom is 0.205 e. The van der Waals surface area contributed by atoms with Crippen molar-refractivity contribution in [3.05, 3.63) is 12.4 Å². The fourth-order valence-electron chi connectivity index (χ4n) is 0.435. The van der Waals surface area contributed by atoms with Crippen molar-refractivity contribution < 1.29 is 0 Å². The summed E-state index contributed by atoms with van der Waals surface area (Å²) in [5.74, 6) is 0.620. The van der Waals surface area contributed by atoms with E-state index >= 15 is 0 Å². The Balaban J connectivity index is 2.58. The highest BCUT2D eigenvalue weighted by Crippen LogP contribution is 1.95. The molecule has 1 heterocycles. The van der Waals surface area contributed by atoms with E-state index in [2.05, 4.69) is 40.1 Å². The summed E-state index contributed by atoms with van der Waals surface area (Å²) in [6.07, 6.45) is 3.34. The highest BCUT2D eigenvalue weighted by molar-refractivity contribution is 8.11. The summed E-state index contributed by atoms with van der Waals surface area (Å²) in [5, 5.41) is 2.71. The number of thiol groups is 1. The number of hydrogen-bond donors (Lipinski definition) is 3. The summed E-state index contributed by atoms with van der Waals surface area (Å²) in [4.78, 5) is 6.66. The number of aromatic nitrogens is 2. The van der Waals surface area contributed by atoms with Gasteiger partial charge in [0, 0.05) is 12.4 Å². The smallest absolute Gasteiger partial charge is 0.205 e. The Morgan fingerprint density at radius 1 is 1.89 bits per heavy atom. The molecule has 0 aliphatic rings. The molecular weight excluding hydrogens is 154 g/mol. The minimum Gasteiger partial charge on any atom is -0.331 e. The van der Waals surface area contributed by atoms with Crippen molar-refractivity contribution in [2.75, 3.05) is 5.32 Å². The molecule has 48 valence electrons. The lowest BCUT2D eigenvalue weighted by Crippen LogP contribution is -2.01. The highest BCUT2D eigenvalue weighted by atomic mass is 32.1. The Bertz CT molecular complexity index is 194. The Kier molecular flexibility index (Phi) is 2.07. The molecule has 0 atom stereocenters. The molecule has 0 spiro atoms. The Labute approximate surface area is 63.3 Å². The minimum absolute atomic E-state index is 0.407. The average Bonchev–Trinajstić information content (AvgIpc) is 2.15. The average molecular weight is 159 g/mol. The van der Waals surface area contributed by atoms with E-state index in [1.165, 1.54) is 0 Å². The van der Waals surface area contributed by atoms with Crippen molar-refractivity contribution in [3.63, 3.8) is 0 Å². The van der Waals surface area contributed by atoms with Gasteiger partial charge in [-0.05, 0) is 0 Å². The zero-order valence-electron chi connectivity index (χ0n) is 4.46. The van der Waals surface area contributed by atoms with E-state index in [0.29, 0.717) is 10.3 Å². The lowest BCUT2D eigenvalue weighted by molar-refractivity contribution is 1.31. The van der Waals surface area contributed by atoms with E-state index in [0.717, 1.165) is 0 Å². The first-order chi connectivity index (χ1) is 4.29. The monoisotopic (exact) mass is 159 g/mol. The van der Waals surface area contributed by atoms with Crippen molar-refractivity contribution in [2.24, 2.45) is 0 Å². The van der Waals surface area contributed by atoms with Gasteiger partial charge in [0.2, 0.25) is 5.95 Å². The molecule has 0 saturated heterocycles. The molecule has 0 aliphatic carbocycles. The molecule has 9 heavy (non-hydrogen) atoms. The summed E-state index contributed by atoms with van der Waals surface area (Å²) in [6.45, 7) is 0. The van der Waals surface area contributed by atoms with E-state index in [1.54, 1.807) is 12.4 Å². The predicted octanol–water partition coefficient (Wildman–Crippen LogP) is 1.04. The Hall–Kier alpha value is -0.550. The van der Waals surface area contributed by atoms with Gasteiger partial charge in [0.25, 0.3) is 0 Å². The fraction of sp³-hybridized carbons (Fsp3) is 0. The van der Waals surface area contributed by atoms with E-state index in [9.17, 15) is 0 Å². The third kappa shape index (κ3) is 2.03. The van der Waals surface area contributed by atoms with Crippen LogP contribution in [0.3, 0.4) is 0 Å². The minimum atomic E-state index is 0.407. The standard InChI is InChI=1S/C4H5N3S2/c8-4(9)7-3-5-1-2-6-3/h1-2H,(H3,5,6,7,8,9). The summed E-state index contributed by atoms with van der Waals surface area (Å²) >= 11 is 8.48. The number of rotatable bonds is 1. The molecule has 0 saturated carbocycles. The number of hydrogen-bond acceptors (Lipinski definition) is 2. The SMILES string of the molecule is S=C(S)Nc1ncc[nH]1. The van der Waals surface area contributed by atoms with Crippen LogP contribution >= 0.6 is 24.8 Å². The van der Waals surface area contributed by atoms with Crippen LogP contribution in [0, 0.1) is 0 Å². The number of thiocarbonyl (C=S) groups is 1. The summed E-state index contributed by atoms with van der Waals surface area (Å²) in [7, 11) is 0. The van der Waals surface area contributed by atoms with Gasteiger partial charge >= 0.3 is 0 Å². The van der Waals surface area contributed by atoms with Gasteiger partial charge in [-0.3, -0.25) is 0 Å². The second-order valence-electron chi connectivity index (χ2n) is 1.37. The van der Waals surface area contributed by atoms with Crippen molar-refractivity contribution in [2.45, 2.75) is 0 Å². The summed E-state index contributed by atoms with van der Waals surface area (Å²) in [5.41, 5.74) is 0. The molecule has 0 aliphatic heterocycles. The molecule has 2 N–H and O–H groups in total. The molecule has 1 aromatic heterocycles. The van der Waals surface area contributed by atoms with Crippen LogP contribution in [0.5, 0.6) is 0 Å². The molecule has 1 rings (SSSR count). The van der Waals surface area contributed by atoms with E-state index in [1.807, 2.05) is 0 Å². The second kappa shape index (κ2) is 2.84. The fourth-order valence-corrected chi connectivity index (χ4v) is 0.637. The topological polar surface area (TPSA) is 40.7 Å². The third-order valence-electron chi connectivity index (χ3n) is 0.724. The molecule has 0 bridgehead atoms. The molecule has 0 amide bonds. The van der Waals surface area contributed by atoms with Gasteiger partial charge in [0.1, 0.15) is 4.32 Å². The lowest BCUT2D eigenvalue weighted by Gasteiger charge is -1.94. The molecule has 0 radical (unpaired) electrons. The number of H-pyrrole nitrogens is 1. The van der Waals surface area contributed by atoms with Gasteiger partial charge in [0.15, 0.2) is 0 Å². The maximum atomic E-state index is 4.64. The van der Waals surface area contributed by atoms with Gasteiger partial charge in [-0.1, -0.05) is 12.2 Å². The highest BCUT2D eigenvalue weighted by Gasteiger charge is 1.90. The predicted molar refractivity (Wildman–Crippen MR) is 43.8 cm³/mol. The van der Waals surface area contributed by atoms with Crippen LogP contribution in [-0.4, -0.2) is 14.3 Å². The third-order valence-corrected chi connectivity index (χ3v) is 0.937. The van der Waals surface area contributed by atoms with Crippen LogP contribution in [0.2, 0.25) is 0 Å². The van der Waals surface area contributed by atoms with Crippen LogP contribution in [0.4, 0.5) is 5.95 Å². The van der Waals surface area contributed by atoms with Gasteiger partial charge in [-0.2, -0.15) is 0 Å². The number of nitrogens with zero attached hydrogens (tertiary/aromatic N) is 1. The van der Waals surface area contributed by atoms with Crippen LogP contribution in [0.25, 0.3) is 0 Å². The molecule has 0 fully saturated rings. The van der Waals surface area contributed by atoms with Gasteiger partial charge in [-0.15, -0.1) is 12.6 Å². The van der Waals surface area contributed by atoms with Crippen LogP contribution in [-0.2, 0) is 0 Å². The van der Waals surface area contributed by atoms with Gasteiger partial charge in [-0.25, -0.2) is 4.98 Å². The number of anilines is 1. The number of imidazole rings is 1. The maximum absolute atomic E-state index is 4.64. The van der Waals surface area contributed by atoms with Crippen LogP contribution in [0.1, 0.15) is 0 Å². The zero-order chi connectivity index (χ0) is 6.69. The van der Waals surface area contributed by atoms with E-state index in [4.69, 9.17) is 0 Å².